The average molecular weight is 488 g/mol. The van der Waals surface area contributed by atoms with Crippen LogP contribution >= 0.6 is 11.8 Å². The molecule has 34 heavy (non-hydrogen) atoms. The maximum absolute atomic E-state index is 13.5. The van der Waals surface area contributed by atoms with Crippen LogP contribution in [0.5, 0.6) is 0 Å². The summed E-state index contributed by atoms with van der Waals surface area (Å²) in [6.07, 6.45) is 7.86. The number of rotatable bonds is 8. The molecule has 1 aromatic heterocycles. The number of carboxylic acid groups (broad SMARTS) is 1. The highest BCUT2D eigenvalue weighted by Gasteiger charge is 2.55. The third kappa shape index (κ3) is 4.94. The molecule has 2 heterocycles. The van der Waals surface area contributed by atoms with Crippen molar-refractivity contribution in [3.63, 3.8) is 0 Å². The van der Waals surface area contributed by atoms with Gasteiger partial charge in [-0.05, 0) is 92.9 Å². The molecule has 3 N–H and O–H groups in total. The minimum atomic E-state index is -0.747. The van der Waals surface area contributed by atoms with Gasteiger partial charge in [0.25, 0.3) is 5.91 Å². The first-order valence-electron chi connectivity index (χ1n) is 13.0. The maximum atomic E-state index is 13.5. The lowest BCUT2D eigenvalue weighted by Gasteiger charge is -2.58. The Bertz CT molecular complexity index is 925. The predicted octanol–water partition coefficient (Wildman–Crippen LogP) is 3.94. The van der Waals surface area contributed by atoms with Crippen LogP contribution in [0, 0.1) is 23.7 Å². The van der Waals surface area contributed by atoms with Crippen LogP contribution in [-0.4, -0.2) is 57.6 Å². The third-order valence-corrected chi connectivity index (χ3v) is 9.57. The second-order valence-electron chi connectivity index (χ2n) is 11.1. The standard InChI is InChI=1S/C26H37N3O4S/c1-2-8-34-25-20(5-6-21(27-25)29-7-3-4-16(15-29)11-22(30)31)24(32)28-23-18-9-17-10-19(23)14-26(33,12-17)13-18/h5-6,16-19,23,33H,2-4,7-15H2,1H3,(H,28,32)(H,30,31)/t16-,17?,18?,19?,23?,26?/m0/s1. The Morgan fingerprint density at radius 2 is 2.00 bits per heavy atom. The number of carbonyl (C=O) groups is 2. The number of aliphatic carboxylic acids is 1. The van der Waals surface area contributed by atoms with Crippen molar-refractivity contribution in [2.45, 2.75) is 81.4 Å². The van der Waals surface area contributed by atoms with Crippen LogP contribution in [-0.2, 0) is 4.79 Å². The molecule has 1 aromatic rings. The number of hydrogen-bond acceptors (Lipinski definition) is 6. The second-order valence-corrected chi connectivity index (χ2v) is 12.2. The molecule has 4 aliphatic carbocycles. The van der Waals surface area contributed by atoms with Crippen LogP contribution in [0.4, 0.5) is 5.82 Å². The summed E-state index contributed by atoms with van der Waals surface area (Å²) >= 11 is 1.62. The Morgan fingerprint density at radius 1 is 1.24 bits per heavy atom. The molecule has 0 aromatic carbocycles. The van der Waals surface area contributed by atoms with Gasteiger partial charge in [-0.25, -0.2) is 4.98 Å². The topological polar surface area (TPSA) is 103 Å². The second kappa shape index (κ2) is 9.69. The summed E-state index contributed by atoms with van der Waals surface area (Å²) in [5.41, 5.74) is 0.129. The highest BCUT2D eigenvalue weighted by Crippen LogP contribution is 2.55. The van der Waals surface area contributed by atoms with E-state index in [1.165, 1.54) is 0 Å². The largest absolute Gasteiger partial charge is 0.481 e. The van der Waals surface area contributed by atoms with Gasteiger partial charge < -0.3 is 20.4 Å². The predicted molar refractivity (Wildman–Crippen MR) is 132 cm³/mol. The summed E-state index contributed by atoms with van der Waals surface area (Å²) in [7, 11) is 0. The van der Waals surface area contributed by atoms with Gasteiger partial charge in [0.15, 0.2) is 0 Å². The number of anilines is 1. The molecule has 1 amide bonds. The van der Waals surface area contributed by atoms with Crippen LogP contribution < -0.4 is 10.2 Å². The molecule has 186 valence electrons. The van der Waals surface area contributed by atoms with Gasteiger partial charge >= 0.3 is 5.97 Å². The summed E-state index contributed by atoms with van der Waals surface area (Å²) in [5, 5.41) is 24.2. The number of aliphatic hydroxyl groups is 1. The molecule has 1 aliphatic heterocycles. The van der Waals surface area contributed by atoms with Crippen molar-refractivity contribution in [1.82, 2.24) is 10.3 Å². The molecule has 2 unspecified atom stereocenters. The van der Waals surface area contributed by atoms with E-state index < -0.39 is 11.6 Å². The summed E-state index contributed by atoms with van der Waals surface area (Å²) in [6, 6.07) is 3.97. The van der Waals surface area contributed by atoms with Gasteiger partial charge in [0.1, 0.15) is 10.8 Å². The van der Waals surface area contributed by atoms with Gasteiger partial charge in [-0.2, -0.15) is 0 Å². The minimum Gasteiger partial charge on any atom is -0.481 e. The minimum absolute atomic E-state index is 0.0514. The Hall–Kier alpha value is -1.80. The zero-order chi connectivity index (χ0) is 23.9. The zero-order valence-corrected chi connectivity index (χ0v) is 20.9. The fourth-order valence-corrected chi connectivity index (χ4v) is 8.09. The molecule has 0 spiro atoms. The first-order valence-corrected chi connectivity index (χ1v) is 14.0. The lowest BCUT2D eigenvalue weighted by atomic mass is 9.52. The Balaban J connectivity index is 1.32. The number of nitrogens with zero attached hydrogens (tertiary/aromatic N) is 2. The molecule has 3 atom stereocenters. The van der Waals surface area contributed by atoms with E-state index in [0.717, 1.165) is 74.5 Å². The van der Waals surface area contributed by atoms with Crippen molar-refractivity contribution < 1.29 is 19.8 Å². The third-order valence-electron chi connectivity index (χ3n) is 8.38. The van der Waals surface area contributed by atoms with Crippen molar-refractivity contribution in [3.8, 4) is 0 Å². The van der Waals surface area contributed by atoms with E-state index in [4.69, 9.17) is 4.98 Å². The van der Waals surface area contributed by atoms with Crippen molar-refractivity contribution in [2.75, 3.05) is 23.7 Å². The summed E-state index contributed by atoms with van der Waals surface area (Å²) < 4.78 is 0. The van der Waals surface area contributed by atoms with Crippen molar-refractivity contribution in [2.24, 2.45) is 23.7 Å². The molecule has 6 rings (SSSR count). The number of hydrogen-bond donors (Lipinski definition) is 3. The molecule has 5 aliphatic rings. The van der Waals surface area contributed by atoms with Gasteiger partial charge in [-0.1, -0.05) is 6.92 Å². The Kier molecular flexibility index (Phi) is 6.81. The number of piperidine rings is 1. The summed E-state index contributed by atoms with van der Waals surface area (Å²) in [4.78, 5) is 31.7. The van der Waals surface area contributed by atoms with Gasteiger partial charge in [0.05, 0.1) is 11.2 Å². The normalized spacial score (nSPS) is 34.3. The molecule has 0 radical (unpaired) electrons. The first-order chi connectivity index (χ1) is 16.3. The fraction of sp³-hybridized carbons (Fsp3) is 0.731. The smallest absolute Gasteiger partial charge is 0.303 e. The number of pyridine rings is 1. The van der Waals surface area contributed by atoms with Crippen molar-refractivity contribution >= 4 is 29.5 Å². The van der Waals surface area contributed by atoms with E-state index in [1.54, 1.807) is 11.8 Å². The molecule has 1 saturated heterocycles. The molecular weight excluding hydrogens is 450 g/mol. The van der Waals surface area contributed by atoms with E-state index in [9.17, 15) is 19.8 Å². The number of carbonyl (C=O) groups excluding carboxylic acids is 1. The van der Waals surface area contributed by atoms with E-state index in [0.29, 0.717) is 29.9 Å². The summed E-state index contributed by atoms with van der Waals surface area (Å²) in [6.45, 7) is 3.68. The van der Waals surface area contributed by atoms with Crippen LogP contribution in [0.1, 0.15) is 75.1 Å². The first kappa shape index (κ1) is 23.9. The fourth-order valence-electron chi connectivity index (χ4n) is 7.22. The quantitative estimate of drug-likeness (QED) is 0.477. The van der Waals surface area contributed by atoms with Gasteiger partial charge in [-0.15, -0.1) is 11.8 Å². The molecule has 4 bridgehead atoms. The Morgan fingerprint density at radius 3 is 2.68 bits per heavy atom. The lowest BCUT2D eigenvalue weighted by Crippen LogP contribution is -2.61. The monoisotopic (exact) mass is 487 g/mol. The zero-order valence-electron chi connectivity index (χ0n) is 20.0. The molecule has 7 nitrogen and oxygen atoms in total. The highest BCUT2D eigenvalue weighted by atomic mass is 32.2. The van der Waals surface area contributed by atoms with Gasteiger partial charge in [0, 0.05) is 25.6 Å². The molecule has 5 fully saturated rings. The van der Waals surface area contributed by atoms with Crippen molar-refractivity contribution in [1.29, 1.82) is 0 Å². The number of carboxylic acids is 1. The number of thioether (sulfide) groups is 1. The van der Waals surface area contributed by atoms with Crippen molar-refractivity contribution in [3.05, 3.63) is 17.7 Å². The average Bonchev–Trinajstić information content (AvgIpc) is 2.78. The van der Waals surface area contributed by atoms with E-state index in [1.807, 2.05) is 12.1 Å². The van der Waals surface area contributed by atoms with Crippen LogP contribution in [0.3, 0.4) is 0 Å². The molecule has 8 heteroatoms. The maximum Gasteiger partial charge on any atom is 0.303 e. The number of nitrogens with one attached hydrogen (secondary N) is 1. The highest BCUT2D eigenvalue weighted by molar-refractivity contribution is 7.99. The SMILES string of the molecule is CCCSc1nc(N2CCC[C@@H](CC(=O)O)C2)ccc1C(=O)NC1C2CC3CC1CC(O)(C3)C2. The lowest BCUT2D eigenvalue weighted by molar-refractivity contribution is -0.138. The van der Waals surface area contributed by atoms with E-state index in [-0.39, 0.29) is 24.3 Å². The van der Waals surface area contributed by atoms with Crippen LogP contribution in [0.15, 0.2) is 17.2 Å². The molecule has 4 saturated carbocycles. The van der Waals surface area contributed by atoms with E-state index >= 15 is 0 Å². The van der Waals surface area contributed by atoms with Gasteiger partial charge in [-0.3, -0.25) is 9.59 Å². The number of amides is 1. The van der Waals surface area contributed by atoms with E-state index in [2.05, 4.69) is 17.1 Å². The summed E-state index contributed by atoms with van der Waals surface area (Å²) in [5.74, 6) is 2.42. The van der Waals surface area contributed by atoms with Crippen LogP contribution in [0.2, 0.25) is 0 Å². The molecular formula is C26H37N3O4S. The number of aromatic nitrogens is 1. The van der Waals surface area contributed by atoms with Crippen LogP contribution in [0.25, 0.3) is 0 Å². The Labute approximate surface area is 206 Å². The van der Waals surface area contributed by atoms with Gasteiger partial charge in [0.2, 0.25) is 0 Å².